The first kappa shape index (κ1) is 23.2. The second kappa shape index (κ2) is 8.75. The number of aromatic nitrogens is 3. The Kier molecular flexibility index (Phi) is 6.15. The van der Waals surface area contributed by atoms with Crippen molar-refractivity contribution in [3.05, 3.63) is 75.6 Å². The summed E-state index contributed by atoms with van der Waals surface area (Å²) in [5, 5.41) is 7.29. The highest BCUT2D eigenvalue weighted by molar-refractivity contribution is 6.30. The summed E-state index contributed by atoms with van der Waals surface area (Å²) < 4.78 is 67.8. The van der Waals surface area contributed by atoms with Gasteiger partial charge in [-0.25, -0.2) is 4.39 Å². The third kappa shape index (κ3) is 4.32. The molecule has 1 aliphatic heterocycles. The van der Waals surface area contributed by atoms with Gasteiger partial charge < -0.3 is 9.47 Å². The highest BCUT2D eigenvalue weighted by atomic mass is 35.5. The van der Waals surface area contributed by atoms with Crippen LogP contribution in [-0.2, 0) is 20.4 Å². The van der Waals surface area contributed by atoms with Gasteiger partial charge in [-0.1, -0.05) is 23.7 Å². The number of carbonyl (C=O) groups excluding carboxylic acids is 1. The molecule has 6 nitrogen and oxygen atoms in total. The molecule has 4 rings (SSSR count). The lowest BCUT2D eigenvalue weighted by Gasteiger charge is -2.24. The van der Waals surface area contributed by atoms with E-state index in [1.165, 1.54) is 37.3 Å². The molecule has 0 fully saturated rings. The number of ether oxygens (including phenoxy) is 2. The molecule has 1 aliphatic rings. The fourth-order valence-electron chi connectivity index (χ4n) is 3.82. The third-order valence-corrected chi connectivity index (χ3v) is 5.53. The normalized spacial score (nSPS) is 17.8. The van der Waals surface area contributed by atoms with E-state index in [2.05, 4.69) is 10.2 Å². The molecule has 0 saturated carbocycles. The van der Waals surface area contributed by atoms with Crippen molar-refractivity contribution in [2.45, 2.75) is 38.7 Å². The predicted octanol–water partition coefficient (Wildman–Crippen LogP) is 5.50. The van der Waals surface area contributed by atoms with E-state index in [1.807, 2.05) is 0 Å². The van der Waals surface area contributed by atoms with Crippen LogP contribution in [0.2, 0.25) is 5.02 Å². The van der Waals surface area contributed by atoms with Crippen molar-refractivity contribution in [3.63, 3.8) is 0 Å². The Hall–Kier alpha value is -2.98. The van der Waals surface area contributed by atoms with Gasteiger partial charge >= 0.3 is 12.1 Å². The molecule has 0 saturated heterocycles. The summed E-state index contributed by atoms with van der Waals surface area (Å²) in [6.07, 6.45) is -7.56. The highest BCUT2D eigenvalue weighted by Crippen LogP contribution is 2.44. The molecule has 0 N–H and O–H groups in total. The average Bonchev–Trinajstić information content (AvgIpc) is 3.14. The summed E-state index contributed by atoms with van der Waals surface area (Å²) in [5.74, 6) is -2.71. The van der Waals surface area contributed by atoms with Gasteiger partial charge in [0, 0.05) is 10.6 Å². The molecular formula is C22H18ClF4N3O3. The van der Waals surface area contributed by atoms with Gasteiger partial charge in [-0.2, -0.15) is 13.2 Å². The van der Waals surface area contributed by atoms with Gasteiger partial charge in [0.15, 0.2) is 5.82 Å². The molecule has 11 heteroatoms. The van der Waals surface area contributed by atoms with Gasteiger partial charge in [-0.15, -0.1) is 10.2 Å². The number of fused-ring (bicyclic) bond motifs is 3. The Morgan fingerprint density at radius 3 is 2.67 bits per heavy atom. The van der Waals surface area contributed by atoms with Crippen LogP contribution < -0.4 is 0 Å². The molecule has 174 valence electrons. The summed E-state index contributed by atoms with van der Waals surface area (Å²) in [5.41, 5.74) is 0.928. The van der Waals surface area contributed by atoms with Gasteiger partial charge in [-0.3, -0.25) is 9.36 Å². The van der Waals surface area contributed by atoms with E-state index in [9.17, 15) is 22.4 Å². The number of esters is 1. The zero-order valence-electron chi connectivity index (χ0n) is 17.5. The lowest BCUT2D eigenvalue weighted by Crippen LogP contribution is -2.18. The van der Waals surface area contributed by atoms with Crippen LogP contribution in [0.1, 0.15) is 53.9 Å². The van der Waals surface area contributed by atoms with Crippen molar-refractivity contribution in [3.8, 4) is 5.69 Å². The number of hydrogen-bond acceptors (Lipinski definition) is 5. The second-order valence-electron chi connectivity index (χ2n) is 7.39. The quantitative estimate of drug-likeness (QED) is 0.362. The first-order valence-corrected chi connectivity index (χ1v) is 10.4. The monoisotopic (exact) mass is 483 g/mol. The van der Waals surface area contributed by atoms with Crippen molar-refractivity contribution in [2.75, 3.05) is 6.61 Å². The number of rotatable bonds is 4. The van der Waals surface area contributed by atoms with Crippen LogP contribution in [0.3, 0.4) is 0 Å². The lowest BCUT2D eigenvalue weighted by atomic mass is 9.95. The SMILES string of the molecule is CCOC(=O)C[C@H]1O[C@H](c2cccc(F)c2C)c2cc(Cl)ccc2-n2c1nnc2C(F)(F)F. The van der Waals surface area contributed by atoms with E-state index in [-0.39, 0.29) is 34.3 Å². The van der Waals surface area contributed by atoms with Gasteiger partial charge in [0.25, 0.3) is 0 Å². The van der Waals surface area contributed by atoms with Gasteiger partial charge in [0.2, 0.25) is 5.82 Å². The first-order chi connectivity index (χ1) is 15.6. The Morgan fingerprint density at radius 1 is 1.21 bits per heavy atom. The van der Waals surface area contributed by atoms with Crippen LogP contribution >= 0.6 is 11.6 Å². The van der Waals surface area contributed by atoms with Crippen LogP contribution in [0.5, 0.6) is 0 Å². The Labute approximate surface area is 191 Å². The molecule has 0 unspecified atom stereocenters. The van der Waals surface area contributed by atoms with Crippen LogP contribution in [0.25, 0.3) is 5.69 Å². The molecule has 1 aromatic heterocycles. The molecule has 0 spiro atoms. The molecule has 3 aromatic rings. The topological polar surface area (TPSA) is 66.2 Å². The van der Waals surface area contributed by atoms with E-state index in [1.54, 1.807) is 13.0 Å². The number of nitrogens with zero attached hydrogens (tertiary/aromatic N) is 3. The maximum absolute atomic E-state index is 14.4. The first-order valence-electron chi connectivity index (χ1n) is 10.00. The standard InChI is InChI=1S/C22H18ClF4N3O3/c1-3-32-18(31)10-17-20-28-29-21(22(25,26)27)30(20)16-8-7-12(23)9-14(16)19(33-17)13-5-4-6-15(24)11(13)2/h4-9,17,19H,3,10H2,1-2H3/t17-,19-/m1/s1. The van der Waals surface area contributed by atoms with Crippen molar-refractivity contribution in [2.24, 2.45) is 0 Å². The van der Waals surface area contributed by atoms with Crippen LogP contribution in [-0.4, -0.2) is 27.3 Å². The van der Waals surface area contributed by atoms with E-state index in [0.717, 1.165) is 4.57 Å². The minimum absolute atomic E-state index is 0.0618. The highest BCUT2D eigenvalue weighted by Gasteiger charge is 2.43. The van der Waals surface area contributed by atoms with E-state index in [0.29, 0.717) is 5.56 Å². The molecule has 0 aliphatic carbocycles. The van der Waals surface area contributed by atoms with Gasteiger partial charge in [-0.05, 0) is 49.2 Å². The van der Waals surface area contributed by atoms with Gasteiger partial charge in [0.05, 0.1) is 18.7 Å². The van der Waals surface area contributed by atoms with Crippen molar-refractivity contribution in [1.29, 1.82) is 0 Å². The molecule has 0 amide bonds. The Balaban J connectivity index is 1.99. The molecule has 0 radical (unpaired) electrons. The number of carbonyl (C=O) groups is 1. The maximum Gasteiger partial charge on any atom is 0.452 e. The number of alkyl halides is 3. The molecular weight excluding hydrogens is 466 g/mol. The van der Waals surface area contributed by atoms with E-state index >= 15 is 0 Å². The molecule has 2 aromatic carbocycles. The van der Waals surface area contributed by atoms with E-state index < -0.39 is 42.4 Å². The number of benzene rings is 2. The fraction of sp³-hybridized carbons (Fsp3) is 0.318. The average molecular weight is 484 g/mol. The summed E-state index contributed by atoms with van der Waals surface area (Å²) in [7, 11) is 0. The summed E-state index contributed by atoms with van der Waals surface area (Å²) in [4.78, 5) is 12.3. The van der Waals surface area contributed by atoms with Crippen molar-refractivity contribution < 1.29 is 31.8 Å². The lowest BCUT2D eigenvalue weighted by molar-refractivity contribution is -0.147. The number of hydrogen-bond donors (Lipinski definition) is 0. The van der Waals surface area contributed by atoms with Crippen LogP contribution in [0.15, 0.2) is 36.4 Å². The van der Waals surface area contributed by atoms with E-state index in [4.69, 9.17) is 21.1 Å². The maximum atomic E-state index is 14.4. The predicted molar refractivity (Wildman–Crippen MR) is 109 cm³/mol. The minimum atomic E-state index is -4.84. The Bertz CT molecular complexity index is 1210. The number of halogens is 5. The van der Waals surface area contributed by atoms with Crippen molar-refractivity contribution >= 4 is 17.6 Å². The molecule has 2 atom stereocenters. The molecule has 2 heterocycles. The summed E-state index contributed by atoms with van der Waals surface area (Å²) in [6, 6.07) is 8.59. The third-order valence-electron chi connectivity index (χ3n) is 5.29. The molecule has 0 bridgehead atoms. The molecule has 33 heavy (non-hydrogen) atoms. The van der Waals surface area contributed by atoms with Gasteiger partial charge in [0.1, 0.15) is 18.0 Å². The second-order valence-corrected chi connectivity index (χ2v) is 7.82. The Morgan fingerprint density at radius 2 is 1.97 bits per heavy atom. The van der Waals surface area contributed by atoms with Crippen LogP contribution in [0.4, 0.5) is 17.6 Å². The summed E-state index contributed by atoms with van der Waals surface area (Å²) >= 11 is 6.18. The zero-order chi connectivity index (χ0) is 23.9. The largest absolute Gasteiger partial charge is 0.466 e. The van der Waals surface area contributed by atoms with Crippen LogP contribution in [0, 0.1) is 12.7 Å². The minimum Gasteiger partial charge on any atom is -0.466 e. The fourth-order valence-corrected chi connectivity index (χ4v) is 4.00. The smallest absolute Gasteiger partial charge is 0.452 e. The van der Waals surface area contributed by atoms with Crippen molar-refractivity contribution in [1.82, 2.24) is 14.8 Å². The summed E-state index contributed by atoms with van der Waals surface area (Å²) in [6.45, 7) is 3.21. The zero-order valence-corrected chi connectivity index (χ0v) is 18.2.